The van der Waals surface area contributed by atoms with E-state index in [1.165, 1.54) is 0 Å². The first-order valence-electron chi connectivity index (χ1n) is 5.12. The lowest BCUT2D eigenvalue weighted by molar-refractivity contribution is -0.136. The Kier molecular flexibility index (Phi) is 3.01. The Morgan fingerprint density at radius 3 is 3.00 bits per heavy atom. The van der Waals surface area contributed by atoms with Crippen LogP contribution in [-0.4, -0.2) is 29.1 Å². The normalized spacial score (nSPS) is 17.9. The summed E-state index contributed by atoms with van der Waals surface area (Å²) in [6.45, 7) is 1.98. The van der Waals surface area contributed by atoms with E-state index in [4.69, 9.17) is 9.52 Å². The molecule has 0 spiro atoms. The molecule has 0 saturated carbocycles. The van der Waals surface area contributed by atoms with Crippen molar-refractivity contribution in [2.24, 2.45) is 0 Å². The van der Waals surface area contributed by atoms with Crippen molar-refractivity contribution in [1.82, 2.24) is 10.3 Å². The van der Waals surface area contributed by atoms with Gasteiger partial charge in [-0.3, -0.25) is 4.79 Å². The molecule has 1 saturated heterocycles. The number of oxazole rings is 1. The molecule has 1 aromatic heterocycles. The Bertz CT molecular complexity index is 342. The number of rotatable bonds is 3. The summed E-state index contributed by atoms with van der Waals surface area (Å²) in [7, 11) is 0. The van der Waals surface area contributed by atoms with Crippen molar-refractivity contribution in [3.8, 4) is 0 Å². The van der Waals surface area contributed by atoms with Gasteiger partial charge in [0, 0.05) is 5.92 Å². The Morgan fingerprint density at radius 2 is 2.33 bits per heavy atom. The molecule has 0 bridgehead atoms. The highest BCUT2D eigenvalue weighted by Crippen LogP contribution is 2.24. The first-order valence-corrected chi connectivity index (χ1v) is 5.12. The minimum atomic E-state index is -0.909. The van der Waals surface area contributed by atoms with Crippen molar-refractivity contribution < 1.29 is 14.3 Å². The maximum atomic E-state index is 10.4. The van der Waals surface area contributed by atoms with Gasteiger partial charge in [-0.1, -0.05) is 0 Å². The Labute approximate surface area is 87.5 Å². The molecular formula is C10H14N2O3. The molecule has 0 aliphatic carbocycles. The van der Waals surface area contributed by atoms with Gasteiger partial charge in [0.25, 0.3) is 0 Å². The van der Waals surface area contributed by atoms with Gasteiger partial charge in [-0.15, -0.1) is 0 Å². The summed E-state index contributed by atoms with van der Waals surface area (Å²) >= 11 is 0. The summed E-state index contributed by atoms with van der Waals surface area (Å²) in [6, 6.07) is 0. The van der Waals surface area contributed by atoms with Gasteiger partial charge in [0.2, 0.25) is 5.89 Å². The molecule has 1 aromatic rings. The smallest absolute Gasteiger partial charge is 0.312 e. The van der Waals surface area contributed by atoms with Crippen LogP contribution in [0.25, 0.3) is 0 Å². The zero-order valence-electron chi connectivity index (χ0n) is 8.40. The van der Waals surface area contributed by atoms with E-state index < -0.39 is 5.97 Å². The van der Waals surface area contributed by atoms with Crippen molar-refractivity contribution in [3.63, 3.8) is 0 Å². The number of aliphatic carboxylic acids is 1. The second-order valence-corrected chi connectivity index (χ2v) is 3.76. The van der Waals surface area contributed by atoms with E-state index in [-0.39, 0.29) is 6.42 Å². The lowest BCUT2D eigenvalue weighted by Crippen LogP contribution is -2.26. The lowest BCUT2D eigenvalue weighted by atomic mass is 9.95. The van der Waals surface area contributed by atoms with Gasteiger partial charge in [-0.05, 0) is 25.9 Å². The first-order chi connectivity index (χ1) is 7.25. The van der Waals surface area contributed by atoms with E-state index in [9.17, 15) is 4.79 Å². The second-order valence-electron chi connectivity index (χ2n) is 3.76. The maximum Gasteiger partial charge on any atom is 0.312 e. The summed E-state index contributed by atoms with van der Waals surface area (Å²) in [5.74, 6) is -0.192. The maximum absolute atomic E-state index is 10.4. The number of carbonyl (C=O) groups is 1. The van der Waals surface area contributed by atoms with Gasteiger partial charge in [0.05, 0.1) is 5.69 Å². The lowest BCUT2D eigenvalue weighted by Gasteiger charge is -2.20. The summed E-state index contributed by atoms with van der Waals surface area (Å²) in [4.78, 5) is 14.6. The molecule has 15 heavy (non-hydrogen) atoms. The van der Waals surface area contributed by atoms with Crippen molar-refractivity contribution in [1.29, 1.82) is 0 Å². The van der Waals surface area contributed by atoms with Crippen LogP contribution < -0.4 is 5.32 Å². The fourth-order valence-electron chi connectivity index (χ4n) is 1.84. The van der Waals surface area contributed by atoms with E-state index in [1.54, 1.807) is 6.26 Å². The van der Waals surface area contributed by atoms with Crippen molar-refractivity contribution in [3.05, 3.63) is 17.8 Å². The molecule has 0 amide bonds. The van der Waals surface area contributed by atoms with E-state index in [1.807, 2.05) is 0 Å². The summed E-state index contributed by atoms with van der Waals surface area (Å²) < 4.78 is 5.12. The molecule has 5 heteroatoms. The van der Waals surface area contributed by atoms with Crippen molar-refractivity contribution in [2.45, 2.75) is 25.2 Å². The van der Waals surface area contributed by atoms with E-state index in [2.05, 4.69) is 10.3 Å². The highest BCUT2D eigenvalue weighted by atomic mass is 16.4. The molecule has 82 valence electrons. The van der Waals surface area contributed by atoms with Crippen molar-refractivity contribution >= 4 is 5.97 Å². The first kappa shape index (κ1) is 10.2. The SMILES string of the molecule is O=C(O)Cc1nc(C2CCNCC2)co1. The van der Waals surface area contributed by atoms with E-state index >= 15 is 0 Å². The topological polar surface area (TPSA) is 75.4 Å². The summed E-state index contributed by atoms with van der Waals surface area (Å²) in [5, 5.41) is 11.8. The average Bonchev–Trinajstić information content (AvgIpc) is 2.67. The van der Waals surface area contributed by atoms with Crippen LogP contribution in [0.15, 0.2) is 10.7 Å². The van der Waals surface area contributed by atoms with Gasteiger partial charge in [0.15, 0.2) is 0 Å². The third-order valence-electron chi connectivity index (χ3n) is 2.63. The standard InChI is InChI=1S/C10H14N2O3/c13-10(14)5-9-12-8(6-15-9)7-1-3-11-4-2-7/h6-7,11H,1-5H2,(H,13,14). The molecule has 0 radical (unpaired) electrons. The molecule has 0 atom stereocenters. The highest BCUT2D eigenvalue weighted by molar-refractivity contribution is 5.68. The number of nitrogens with one attached hydrogen (secondary N) is 1. The number of hydrogen-bond acceptors (Lipinski definition) is 4. The van der Waals surface area contributed by atoms with Gasteiger partial charge < -0.3 is 14.8 Å². The number of carboxylic acid groups (broad SMARTS) is 1. The van der Waals surface area contributed by atoms with Crippen LogP contribution in [0.3, 0.4) is 0 Å². The van der Waals surface area contributed by atoms with E-state index in [0.29, 0.717) is 11.8 Å². The average molecular weight is 210 g/mol. The number of hydrogen-bond donors (Lipinski definition) is 2. The van der Waals surface area contributed by atoms with Gasteiger partial charge in [0.1, 0.15) is 12.7 Å². The van der Waals surface area contributed by atoms with Gasteiger partial charge >= 0.3 is 5.97 Å². The molecule has 0 aromatic carbocycles. The summed E-state index contributed by atoms with van der Waals surface area (Å²) in [5.41, 5.74) is 0.896. The predicted molar refractivity (Wildman–Crippen MR) is 52.7 cm³/mol. The number of nitrogens with zero attached hydrogens (tertiary/aromatic N) is 1. The number of carboxylic acids is 1. The number of aromatic nitrogens is 1. The largest absolute Gasteiger partial charge is 0.481 e. The molecule has 1 fully saturated rings. The van der Waals surface area contributed by atoms with Crippen LogP contribution in [0.2, 0.25) is 0 Å². The fourth-order valence-corrected chi connectivity index (χ4v) is 1.84. The van der Waals surface area contributed by atoms with Crippen LogP contribution in [-0.2, 0) is 11.2 Å². The molecule has 0 unspecified atom stereocenters. The Balaban J connectivity index is 2.02. The third kappa shape index (κ3) is 2.56. The zero-order valence-corrected chi connectivity index (χ0v) is 8.40. The van der Waals surface area contributed by atoms with Crippen LogP contribution >= 0.6 is 0 Å². The second kappa shape index (κ2) is 4.44. The monoisotopic (exact) mass is 210 g/mol. The zero-order chi connectivity index (χ0) is 10.7. The van der Waals surface area contributed by atoms with Crippen LogP contribution in [0.5, 0.6) is 0 Å². The minimum Gasteiger partial charge on any atom is -0.481 e. The molecule has 1 aliphatic heterocycles. The molecule has 2 rings (SSSR count). The van der Waals surface area contributed by atoms with Crippen LogP contribution in [0.4, 0.5) is 0 Å². The minimum absolute atomic E-state index is 0.134. The third-order valence-corrected chi connectivity index (χ3v) is 2.63. The van der Waals surface area contributed by atoms with Crippen LogP contribution in [0.1, 0.15) is 30.3 Å². The Morgan fingerprint density at radius 1 is 1.60 bits per heavy atom. The summed E-state index contributed by atoms with van der Waals surface area (Å²) in [6.07, 6.45) is 3.54. The van der Waals surface area contributed by atoms with Gasteiger partial charge in [-0.2, -0.15) is 0 Å². The molecule has 2 N–H and O–H groups in total. The number of piperidine rings is 1. The Hall–Kier alpha value is -1.36. The predicted octanol–water partition coefficient (Wildman–Crippen LogP) is 0.769. The molecule has 2 heterocycles. The molecular weight excluding hydrogens is 196 g/mol. The molecule has 5 nitrogen and oxygen atoms in total. The van der Waals surface area contributed by atoms with E-state index in [0.717, 1.165) is 31.6 Å². The van der Waals surface area contributed by atoms with Crippen molar-refractivity contribution in [2.75, 3.05) is 13.1 Å². The van der Waals surface area contributed by atoms with Crippen LogP contribution in [0, 0.1) is 0 Å². The van der Waals surface area contributed by atoms with Gasteiger partial charge in [-0.25, -0.2) is 4.98 Å². The highest BCUT2D eigenvalue weighted by Gasteiger charge is 2.19. The molecule has 1 aliphatic rings. The fraction of sp³-hybridized carbons (Fsp3) is 0.600. The quantitative estimate of drug-likeness (QED) is 0.770.